The Labute approximate surface area is 97.1 Å². The first-order chi connectivity index (χ1) is 7.79. The average molecular weight is 217 g/mol. The summed E-state index contributed by atoms with van der Waals surface area (Å²) in [5, 5.41) is 2.92. The van der Waals surface area contributed by atoms with Gasteiger partial charge in [-0.25, -0.2) is 0 Å². The van der Waals surface area contributed by atoms with Gasteiger partial charge in [0.25, 0.3) is 0 Å². The van der Waals surface area contributed by atoms with Crippen LogP contribution < -0.4 is 5.32 Å². The van der Waals surface area contributed by atoms with E-state index in [0.29, 0.717) is 13.0 Å². The lowest BCUT2D eigenvalue weighted by Crippen LogP contribution is -2.21. The maximum absolute atomic E-state index is 11.2. The molecule has 16 heavy (non-hydrogen) atoms. The Bertz CT molecular complexity index is 384. The summed E-state index contributed by atoms with van der Waals surface area (Å²) in [6, 6.07) is 6.62. The highest BCUT2D eigenvalue weighted by molar-refractivity contribution is 5.75. The number of benzene rings is 1. The summed E-state index contributed by atoms with van der Waals surface area (Å²) in [5.74, 6) is 0.123. The molecule has 1 N–H and O–H groups in total. The normalized spacial score (nSPS) is 14.3. The summed E-state index contributed by atoms with van der Waals surface area (Å²) in [6.45, 7) is 2.54. The third kappa shape index (κ3) is 2.63. The van der Waals surface area contributed by atoms with Crippen LogP contribution in [0.1, 0.15) is 42.9 Å². The Morgan fingerprint density at radius 3 is 2.75 bits per heavy atom. The molecule has 1 aliphatic carbocycles. The second-order valence-electron chi connectivity index (χ2n) is 4.44. The first-order valence-corrected chi connectivity index (χ1v) is 6.17. The molecule has 0 aliphatic heterocycles. The molecule has 2 heteroatoms. The minimum absolute atomic E-state index is 0.123. The topological polar surface area (TPSA) is 29.1 Å². The van der Waals surface area contributed by atoms with Crippen molar-refractivity contribution in [3.63, 3.8) is 0 Å². The Kier molecular flexibility index (Phi) is 3.60. The number of carbonyl (C=O) groups excluding carboxylic acids is 1. The van der Waals surface area contributed by atoms with Crippen molar-refractivity contribution in [3.05, 3.63) is 34.9 Å². The third-order valence-electron chi connectivity index (χ3n) is 3.22. The second-order valence-corrected chi connectivity index (χ2v) is 4.44. The highest BCUT2D eigenvalue weighted by Crippen LogP contribution is 2.22. The lowest BCUT2D eigenvalue weighted by molar-refractivity contribution is -0.120. The van der Waals surface area contributed by atoms with Crippen molar-refractivity contribution in [2.45, 2.75) is 45.6 Å². The second kappa shape index (κ2) is 5.15. The quantitative estimate of drug-likeness (QED) is 0.828. The zero-order valence-corrected chi connectivity index (χ0v) is 9.88. The van der Waals surface area contributed by atoms with Gasteiger partial charge in [-0.1, -0.05) is 25.1 Å². The standard InChI is InChI=1S/C14H19NO/c1-2-14(16)15-10-11-7-8-12-5-3-4-6-13(12)9-11/h7-9H,2-6,10H2,1H3,(H,15,16). The van der Waals surface area contributed by atoms with E-state index in [1.54, 1.807) is 0 Å². The molecule has 1 aliphatic rings. The van der Waals surface area contributed by atoms with Crippen LogP contribution in [0.3, 0.4) is 0 Å². The van der Waals surface area contributed by atoms with Crippen molar-refractivity contribution in [2.75, 3.05) is 0 Å². The summed E-state index contributed by atoms with van der Waals surface area (Å²) in [5.41, 5.74) is 4.20. The van der Waals surface area contributed by atoms with Gasteiger partial charge in [-0.05, 0) is 42.4 Å². The summed E-state index contributed by atoms with van der Waals surface area (Å²) in [4.78, 5) is 11.2. The molecule has 86 valence electrons. The van der Waals surface area contributed by atoms with Crippen LogP contribution in [0.25, 0.3) is 0 Å². The van der Waals surface area contributed by atoms with Gasteiger partial charge in [-0.3, -0.25) is 4.79 Å². The molecule has 0 heterocycles. The molecule has 0 radical (unpaired) electrons. The SMILES string of the molecule is CCC(=O)NCc1ccc2c(c1)CCCC2. The third-order valence-corrected chi connectivity index (χ3v) is 3.22. The number of hydrogen-bond acceptors (Lipinski definition) is 1. The molecular weight excluding hydrogens is 198 g/mol. The van der Waals surface area contributed by atoms with E-state index in [0.717, 1.165) is 0 Å². The zero-order valence-electron chi connectivity index (χ0n) is 9.88. The van der Waals surface area contributed by atoms with Crippen LogP contribution in [0.5, 0.6) is 0 Å². The molecular formula is C14H19NO. The van der Waals surface area contributed by atoms with Crippen LogP contribution in [0.15, 0.2) is 18.2 Å². The van der Waals surface area contributed by atoms with Gasteiger partial charge in [0.2, 0.25) is 5.91 Å². The van der Waals surface area contributed by atoms with Crippen LogP contribution >= 0.6 is 0 Å². The van der Waals surface area contributed by atoms with Gasteiger partial charge in [0.05, 0.1) is 0 Å². The van der Waals surface area contributed by atoms with E-state index in [9.17, 15) is 4.79 Å². The number of rotatable bonds is 3. The van der Waals surface area contributed by atoms with Crippen LogP contribution in [0.2, 0.25) is 0 Å². The number of amides is 1. The monoisotopic (exact) mass is 217 g/mol. The average Bonchev–Trinajstić information content (AvgIpc) is 2.35. The van der Waals surface area contributed by atoms with Gasteiger partial charge in [0, 0.05) is 13.0 Å². The van der Waals surface area contributed by atoms with E-state index in [-0.39, 0.29) is 5.91 Å². The summed E-state index contributed by atoms with van der Waals surface area (Å²) in [6.07, 6.45) is 5.60. The molecule has 2 rings (SSSR count). The van der Waals surface area contributed by atoms with E-state index in [1.165, 1.54) is 42.4 Å². The maximum atomic E-state index is 11.2. The van der Waals surface area contributed by atoms with Crippen molar-refractivity contribution >= 4 is 5.91 Å². The predicted octanol–water partition coefficient (Wildman–Crippen LogP) is 2.59. The van der Waals surface area contributed by atoms with Crippen molar-refractivity contribution in [1.82, 2.24) is 5.32 Å². The molecule has 0 saturated heterocycles. The lowest BCUT2D eigenvalue weighted by Gasteiger charge is -2.16. The van der Waals surface area contributed by atoms with Crippen molar-refractivity contribution in [2.24, 2.45) is 0 Å². The van der Waals surface area contributed by atoms with Crippen LogP contribution in [-0.4, -0.2) is 5.91 Å². The highest BCUT2D eigenvalue weighted by atomic mass is 16.1. The summed E-state index contributed by atoms with van der Waals surface area (Å²) >= 11 is 0. The smallest absolute Gasteiger partial charge is 0.219 e. The van der Waals surface area contributed by atoms with Gasteiger partial charge in [-0.2, -0.15) is 0 Å². The molecule has 0 unspecified atom stereocenters. The molecule has 0 spiro atoms. The largest absolute Gasteiger partial charge is 0.352 e. The van der Waals surface area contributed by atoms with Crippen LogP contribution in [0, 0.1) is 0 Å². The number of nitrogens with one attached hydrogen (secondary N) is 1. The number of fused-ring (bicyclic) bond motifs is 1. The summed E-state index contributed by atoms with van der Waals surface area (Å²) < 4.78 is 0. The van der Waals surface area contributed by atoms with Crippen molar-refractivity contribution in [1.29, 1.82) is 0 Å². The number of aryl methyl sites for hydroxylation is 2. The molecule has 1 aromatic rings. The Balaban J connectivity index is 2.03. The first kappa shape index (κ1) is 11.2. The van der Waals surface area contributed by atoms with E-state index < -0.39 is 0 Å². The Morgan fingerprint density at radius 2 is 2.00 bits per heavy atom. The van der Waals surface area contributed by atoms with Crippen LogP contribution in [-0.2, 0) is 24.2 Å². The molecule has 0 aromatic heterocycles. The molecule has 2 nitrogen and oxygen atoms in total. The number of hydrogen-bond donors (Lipinski definition) is 1. The van der Waals surface area contributed by atoms with Gasteiger partial charge >= 0.3 is 0 Å². The van der Waals surface area contributed by atoms with E-state index in [4.69, 9.17) is 0 Å². The van der Waals surface area contributed by atoms with Gasteiger partial charge in [0.15, 0.2) is 0 Å². The molecule has 1 aromatic carbocycles. The maximum Gasteiger partial charge on any atom is 0.219 e. The van der Waals surface area contributed by atoms with E-state index >= 15 is 0 Å². The van der Waals surface area contributed by atoms with Gasteiger partial charge < -0.3 is 5.32 Å². The minimum atomic E-state index is 0.123. The fourth-order valence-corrected chi connectivity index (χ4v) is 2.22. The molecule has 0 fully saturated rings. The highest BCUT2D eigenvalue weighted by Gasteiger charge is 2.09. The lowest BCUT2D eigenvalue weighted by atomic mass is 9.90. The number of carbonyl (C=O) groups is 1. The zero-order chi connectivity index (χ0) is 11.4. The molecule has 0 bridgehead atoms. The molecule has 0 saturated carbocycles. The van der Waals surface area contributed by atoms with Gasteiger partial charge in [0.1, 0.15) is 0 Å². The van der Waals surface area contributed by atoms with Crippen molar-refractivity contribution in [3.8, 4) is 0 Å². The fraction of sp³-hybridized carbons (Fsp3) is 0.500. The van der Waals surface area contributed by atoms with Gasteiger partial charge in [-0.15, -0.1) is 0 Å². The van der Waals surface area contributed by atoms with E-state index in [2.05, 4.69) is 23.5 Å². The minimum Gasteiger partial charge on any atom is -0.352 e. The molecule has 1 amide bonds. The Morgan fingerprint density at radius 1 is 1.25 bits per heavy atom. The van der Waals surface area contributed by atoms with Crippen molar-refractivity contribution < 1.29 is 4.79 Å². The Hall–Kier alpha value is -1.31. The fourth-order valence-electron chi connectivity index (χ4n) is 2.22. The van der Waals surface area contributed by atoms with E-state index in [1.807, 2.05) is 6.92 Å². The predicted molar refractivity (Wildman–Crippen MR) is 65.2 cm³/mol. The molecule has 0 atom stereocenters. The first-order valence-electron chi connectivity index (χ1n) is 6.17. The van der Waals surface area contributed by atoms with Crippen LogP contribution in [0.4, 0.5) is 0 Å². The summed E-state index contributed by atoms with van der Waals surface area (Å²) in [7, 11) is 0.